The Hall–Kier alpha value is -2.18. The molecule has 4 nitrogen and oxygen atoms in total. The van der Waals surface area contributed by atoms with Gasteiger partial charge in [0.15, 0.2) is 11.4 Å². The number of hydrogen-bond donors (Lipinski definition) is 1. The topological polar surface area (TPSA) is 57.6 Å². The molecule has 28 heavy (non-hydrogen) atoms. The molecule has 0 spiro atoms. The molecule has 1 amide bonds. The zero-order valence-corrected chi connectivity index (χ0v) is 16.9. The summed E-state index contributed by atoms with van der Waals surface area (Å²) >= 11 is 13.6. The average Bonchev–Trinajstić information content (AvgIpc) is 3.27. The van der Waals surface area contributed by atoms with Crippen molar-refractivity contribution in [3.63, 3.8) is 0 Å². The lowest BCUT2D eigenvalue weighted by Crippen LogP contribution is -2.41. The first-order valence-corrected chi connectivity index (χ1v) is 10.2. The molecule has 1 N–H and O–H groups in total. The van der Waals surface area contributed by atoms with E-state index in [1.807, 2.05) is 12.1 Å². The summed E-state index contributed by atoms with van der Waals surface area (Å²) < 4.78 is 0. The van der Waals surface area contributed by atoms with Crippen LogP contribution in [0.15, 0.2) is 60.0 Å². The molecular weight excluding hydrogens is 417 g/mol. The van der Waals surface area contributed by atoms with Gasteiger partial charge in [0, 0.05) is 15.6 Å². The molecule has 1 aromatic heterocycles. The van der Waals surface area contributed by atoms with Crippen molar-refractivity contribution in [2.75, 3.05) is 4.90 Å². The fraction of sp³-hybridized carbons (Fsp3) is 0.143. The first-order chi connectivity index (χ1) is 13.4. The molecule has 2 heterocycles. The van der Waals surface area contributed by atoms with Gasteiger partial charge in [0.2, 0.25) is 0 Å². The highest BCUT2D eigenvalue weighted by Crippen LogP contribution is 2.45. The predicted molar refractivity (Wildman–Crippen MR) is 111 cm³/mol. The Bertz CT molecular complexity index is 1070. The van der Waals surface area contributed by atoms with Gasteiger partial charge in [0.1, 0.15) is 0 Å². The van der Waals surface area contributed by atoms with Crippen LogP contribution in [0.4, 0.5) is 5.69 Å². The number of ketones is 1. The second kappa shape index (κ2) is 7.33. The van der Waals surface area contributed by atoms with E-state index in [9.17, 15) is 14.7 Å². The highest BCUT2D eigenvalue weighted by atomic mass is 35.5. The van der Waals surface area contributed by atoms with Crippen molar-refractivity contribution in [2.24, 2.45) is 0 Å². The lowest BCUT2D eigenvalue weighted by Gasteiger charge is -2.23. The average molecular weight is 432 g/mol. The summed E-state index contributed by atoms with van der Waals surface area (Å²) in [6.45, 7) is 0.183. The Balaban J connectivity index is 1.74. The van der Waals surface area contributed by atoms with Crippen LogP contribution in [0.2, 0.25) is 10.0 Å². The van der Waals surface area contributed by atoms with Crippen LogP contribution in [0.1, 0.15) is 27.2 Å². The van der Waals surface area contributed by atoms with Gasteiger partial charge in [-0.2, -0.15) is 0 Å². The van der Waals surface area contributed by atoms with E-state index in [1.54, 1.807) is 47.8 Å². The largest absolute Gasteiger partial charge is 0.375 e. The second-order valence-corrected chi connectivity index (χ2v) is 8.37. The fourth-order valence-corrected chi connectivity index (χ4v) is 4.44. The zero-order valence-electron chi connectivity index (χ0n) is 14.6. The minimum atomic E-state index is -1.97. The molecule has 0 saturated carbocycles. The van der Waals surface area contributed by atoms with E-state index in [4.69, 9.17) is 23.2 Å². The molecule has 3 aromatic rings. The van der Waals surface area contributed by atoms with Gasteiger partial charge in [-0.15, -0.1) is 11.3 Å². The first-order valence-electron chi connectivity index (χ1n) is 8.54. The van der Waals surface area contributed by atoms with E-state index < -0.39 is 11.5 Å². The first kappa shape index (κ1) is 19.2. The van der Waals surface area contributed by atoms with Crippen LogP contribution < -0.4 is 4.90 Å². The van der Waals surface area contributed by atoms with Crippen molar-refractivity contribution in [3.05, 3.63) is 86.0 Å². The SMILES string of the molecule is O=C(C[C@]1(O)C(=O)N(Cc2ccccc2Cl)c2ccc(Cl)cc21)c1cccs1. The molecule has 0 aliphatic carbocycles. The van der Waals surface area contributed by atoms with E-state index in [1.165, 1.54) is 16.2 Å². The zero-order chi connectivity index (χ0) is 19.9. The minimum absolute atomic E-state index is 0.183. The number of carbonyl (C=O) groups excluding carboxylic acids is 2. The molecule has 1 aliphatic rings. The molecule has 2 aromatic carbocycles. The normalized spacial score (nSPS) is 18.4. The van der Waals surface area contributed by atoms with Crippen LogP contribution in [0.25, 0.3) is 0 Å². The number of benzene rings is 2. The maximum Gasteiger partial charge on any atom is 0.264 e. The van der Waals surface area contributed by atoms with Gasteiger partial charge >= 0.3 is 0 Å². The standard InChI is InChI=1S/C21H15Cl2NO3S/c22-14-7-8-17-15(10-14)21(27,11-18(25)19-6-3-9-28-19)20(26)24(17)12-13-4-1-2-5-16(13)23/h1-10,27H,11-12H2/t21-/m1/s1. The molecule has 0 bridgehead atoms. The van der Waals surface area contributed by atoms with E-state index >= 15 is 0 Å². The molecular formula is C21H15Cl2NO3S. The van der Waals surface area contributed by atoms with Crippen LogP contribution in [-0.2, 0) is 16.9 Å². The van der Waals surface area contributed by atoms with Crippen molar-refractivity contribution >= 4 is 51.9 Å². The quantitative estimate of drug-likeness (QED) is 0.574. The van der Waals surface area contributed by atoms with Crippen LogP contribution in [0.5, 0.6) is 0 Å². The monoisotopic (exact) mass is 431 g/mol. The van der Waals surface area contributed by atoms with Gasteiger partial charge in [-0.1, -0.05) is 47.5 Å². The number of thiophene rings is 1. The van der Waals surface area contributed by atoms with Gasteiger partial charge in [0.05, 0.1) is 23.5 Å². The maximum atomic E-state index is 13.3. The summed E-state index contributed by atoms with van der Waals surface area (Å²) in [5, 5.41) is 14.0. The van der Waals surface area contributed by atoms with Gasteiger partial charge in [0.25, 0.3) is 5.91 Å². The lowest BCUT2D eigenvalue weighted by molar-refractivity contribution is -0.136. The third-order valence-electron chi connectivity index (χ3n) is 4.79. The maximum absolute atomic E-state index is 13.3. The lowest BCUT2D eigenvalue weighted by atomic mass is 9.89. The van der Waals surface area contributed by atoms with Crippen molar-refractivity contribution in [3.8, 4) is 0 Å². The highest BCUT2D eigenvalue weighted by molar-refractivity contribution is 7.12. The third kappa shape index (κ3) is 3.25. The van der Waals surface area contributed by atoms with Crippen molar-refractivity contribution in [1.82, 2.24) is 0 Å². The molecule has 7 heteroatoms. The molecule has 4 rings (SSSR count). The highest BCUT2D eigenvalue weighted by Gasteiger charge is 2.51. The number of halogens is 2. The van der Waals surface area contributed by atoms with Crippen LogP contribution in [-0.4, -0.2) is 16.8 Å². The van der Waals surface area contributed by atoms with Crippen LogP contribution in [0, 0.1) is 0 Å². The molecule has 0 radical (unpaired) electrons. The molecule has 0 saturated heterocycles. The summed E-state index contributed by atoms with van der Waals surface area (Å²) in [5.74, 6) is -0.856. The van der Waals surface area contributed by atoms with Gasteiger partial charge < -0.3 is 10.0 Å². The Morgan fingerprint density at radius 1 is 1.11 bits per heavy atom. The molecule has 1 aliphatic heterocycles. The number of rotatable bonds is 5. The Kier molecular flexibility index (Phi) is 5.02. The predicted octanol–water partition coefficient (Wildman–Crippen LogP) is 5.06. The summed E-state index contributed by atoms with van der Waals surface area (Å²) in [6, 6.07) is 15.5. The minimum Gasteiger partial charge on any atom is -0.375 e. The summed E-state index contributed by atoms with van der Waals surface area (Å²) in [6.07, 6.45) is -0.349. The van der Waals surface area contributed by atoms with Gasteiger partial charge in [-0.25, -0.2) is 0 Å². The van der Waals surface area contributed by atoms with E-state index in [-0.39, 0.29) is 18.7 Å². The third-order valence-corrected chi connectivity index (χ3v) is 6.31. The number of fused-ring (bicyclic) bond motifs is 1. The molecule has 0 unspecified atom stereocenters. The molecule has 0 fully saturated rings. The van der Waals surface area contributed by atoms with E-state index in [0.29, 0.717) is 26.2 Å². The molecule has 142 valence electrons. The van der Waals surface area contributed by atoms with Crippen molar-refractivity contribution in [1.29, 1.82) is 0 Å². The summed E-state index contributed by atoms with van der Waals surface area (Å²) in [4.78, 5) is 27.9. The Morgan fingerprint density at radius 2 is 1.89 bits per heavy atom. The Morgan fingerprint density at radius 3 is 2.61 bits per heavy atom. The fourth-order valence-electron chi connectivity index (χ4n) is 3.40. The number of aliphatic hydroxyl groups is 1. The second-order valence-electron chi connectivity index (χ2n) is 6.58. The van der Waals surface area contributed by atoms with Gasteiger partial charge in [-0.3, -0.25) is 9.59 Å². The van der Waals surface area contributed by atoms with Crippen LogP contribution in [0.3, 0.4) is 0 Å². The number of hydrogen-bond acceptors (Lipinski definition) is 4. The number of anilines is 1. The van der Waals surface area contributed by atoms with Gasteiger partial charge in [-0.05, 0) is 41.3 Å². The van der Waals surface area contributed by atoms with Crippen molar-refractivity contribution in [2.45, 2.75) is 18.6 Å². The molecule has 1 atom stereocenters. The summed E-state index contributed by atoms with van der Waals surface area (Å²) in [7, 11) is 0. The van der Waals surface area contributed by atoms with E-state index in [2.05, 4.69) is 0 Å². The number of Topliss-reactive ketones (excluding diaryl/α,β-unsaturated/α-hetero) is 1. The number of carbonyl (C=O) groups is 2. The smallest absolute Gasteiger partial charge is 0.264 e. The van der Waals surface area contributed by atoms with E-state index in [0.717, 1.165) is 5.56 Å². The Labute approximate surface area is 175 Å². The van der Waals surface area contributed by atoms with Crippen molar-refractivity contribution < 1.29 is 14.7 Å². The number of amides is 1. The van der Waals surface area contributed by atoms with Crippen LogP contribution >= 0.6 is 34.5 Å². The number of nitrogens with zero attached hydrogens (tertiary/aromatic N) is 1. The summed E-state index contributed by atoms with van der Waals surface area (Å²) in [5.41, 5.74) is -0.368.